The number of hydrogen-bond donors (Lipinski definition) is 1. The first-order valence-electron chi connectivity index (χ1n) is 5.50. The number of nitrogens with zero attached hydrogens (tertiary/aromatic N) is 1. The van der Waals surface area contributed by atoms with Gasteiger partial charge in [0.1, 0.15) is 6.26 Å². The number of aryl methyl sites for hydroxylation is 1. The van der Waals surface area contributed by atoms with Crippen molar-refractivity contribution in [3.8, 4) is 0 Å². The van der Waals surface area contributed by atoms with Crippen LogP contribution in [0.25, 0.3) is 0 Å². The topological polar surface area (TPSA) is 55.1 Å². The molecule has 0 unspecified atom stereocenters. The van der Waals surface area contributed by atoms with E-state index < -0.39 is 0 Å². The molecule has 0 aliphatic rings. The fraction of sp³-hybridized carbons (Fsp3) is 0.231. The van der Waals surface area contributed by atoms with E-state index in [0.29, 0.717) is 12.2 Å². The molecule has 0 saturated carbocycles. The van der Waals surface area contributed by atoms with Crippen molar-refractivity contribution in [2.45, 2.75) is 13.3 Å². The van der Waals surface area contributed by atoms with Crippen molar-refractivity contribution in [1.29, 1.82) is 0 Å². The standard InChI is InChI=1S/C13H14N2O2/c1-10-9-17-15-12(10)13(16)14-8-7-11-5-3-2-4-6-11/h2-6,9H,7-8H2,1H3,(H,14,16). The lowest BCUT2D eigenvalue weighted by Gasteiger charge is -2.03. The van der Waals surface area contributed by atoms with Crippen molar-refractivity contribution in [3.05, 3.63) is 53.4 Å². The van der Waals surface area contributed by atoms with Gasteiger partial charge >= 0.3 is 0 Å². The number of rotatable bonds is 4. The first-order chi connectivity index (χ1) is 8.27. The second-order valence-corrected chi connectivity index (χ2v) is 3.84. The summed E-state index contributed by atoms with van der Waals surface area (Å²) in [4.78, 5) is 11.7. The lowest BCUT2D eigenvalue weighted by Crippen LogP contribution is -2.26. The first kappa shape index (κ1) is 11.4. The Bertz CT molecular complexity index is 491. The van der Waals surface area contributed by atoms with E-state index in [-0.39, 0.29) is 5.91 Å². The van der Waals surface area contributed by atoms with Gasteiger partial charge in [-0.1, -0.05) is 35.5 Å². The van der Waals surface area contributed by atoms with Gasteiger partial charge in [0.05, 0.1) is 0 Å². The minimum Gasteiger partial charge on any atom is -0.364 e. The number of carbonyl (C=O) groups excluding carboxylic acids is 1. The molecule has 1 N–H and O–H groups in total. The molecule has 1 aromatic heterocycles. The molecule has 88 valence electrons. The number of hydrogen-bond acceptors (Lipinski definition) is 3. The molecule has 4 heteroatoms. The van der Waals surface area contributed by atoms with E-state index in [4.69, 9.17) is 4.52 Å². The predicted molar refractivity (Wildman–Crippen MR) is 63.7 cm³/mol. The van der Waals surface area contributed by atoms with Crippen molar-refractivity contribution < 1.29 is 9.32 Å². The molecular formula is C13H14N2O2. The van der Waals surface area contributed by atoms with Crippen LogP contribution in [0.1, 0.15) is 21.6 Å². The van der Waals surface area contributed by atoms with Gasteiger partial charge in [-0.05, 0) is 18.9 Å². The van der Waals surface area contributed by atoms with Crippen LogP contribution in [0.2, 0.25) is 0 Å². The third kappa shape index (κ3) is 2.93. The number of aromatic nitrogens is 1. The van der Waals surface area contributed by atoms with Crippen molar-refractivity contribution in [3.63, 3.8) is 0 Å². The van der Waals surface area contributed by atoms with Gasteiger partial charge in [-0.25, -0.2) is 0 Å². The van der Waals surface area contributed by atoms with Gasteiger partial charge < -0.3 is 9.84 Å². The van der Waals surface area contributed by atoms with Crippen LogP contribution in [0.3, 0.4) is 0 Å². The highest BCUT2D eigenvalue weighted by Gasteiger charge is 2.12. The molecule has 2 rings (SSSR count). The second-order valence-electron chi connectivity index (χ2n) is 3.84. The smallest absolute Gasteiger partial charge is 0.273 e. The average molecular weight is 230 g/mol. The Morgan fingerprint density at radius 1 is 1.35 bits per heavy atom. The Morgan fingerprint density at radius 2 is 2.12 bits per heavy atom. The molecule has 0 aliphatic carbocycles. The summed E-state index contributed by atoms with van der Waals surface area (Å²) >= 11 is 0. The highest BCUT2D eigenvalue weighted by Crippen LogP contribution is 2.04. The van der Waals surface area contributed by atoms with E-state index in [1.165, 1.54) is 11.8 Å². The van der Waals surface area contributed by atoms with Crippen LogP contribution in [0.15, 0.2) is 41.1 Å². The maximum Gasteiger partial charge on any atom is 0.273 e. The van der Waals surface area contributed by atoms with Crippen molar-refractivity contribution in [2.24, 2.45) is 0 Å². The van der Waals surface area contributed by atoms with Gasteiger partial charge in [0.25, 0.3) is 5.91 Å². The Labute approximate surface area is 99.6 Å². The SMILES string of the molecule is Cc1conc1C(=O)NCCc1ccccc1. The predicted octanol–water partition coefficient (Wildman–Crippen LogP) is 1.96. The van der Waals surface area contributed by atoms with E-state index in [1.54, 1.807) is 6.92 Å². The van der Waals surface area contributed by atoms with Crippen LogP contribution in [-0.2, 0) is 6.42 Å². The molecule has 1 amide bonds. The molecular weight excluding hydrogens is 216 g/mol. The van der Waals surface area contributed by atoms with E-state index in [2.05, 4.69) is 10.5 Å². The van der Waals surface area contributed by atoms with E-state index >= 15 is 0 Å². The summed E-state index contributed by atoms with van der Waals surface area (Å²) in [6.45, 7) is 2.39. The third-order valence-electron chi connectivity index (χ3n) is 2.50. The largest absolute Gasteiger partial charge is 0.364 e. The normalized spacial score (nSPS) is 10.2. The summed E-state index contributed by atoms with van der Waals surface area (Å²) in [6, 6.07) is 10.0. The van der Waals surface area contributed by atoms with Gasteiger partial charge in [-0.3, -0.25) is 4.79 Å². The van der Waals surface area contributed by atoms with Crippen LogP contribution in [0.5, 0.6) is 0 Å². The van der Waals surface area contributed by atoms with Gasteiger partial charge in [0.15, 0.2) is 5.69 Å². The van der Waals surface area contributed by atoms with Gasteiger partial charge in [0.2, 0.25) is 0 Å². The van der Waals surface area contributed by atoms with Crippen LogP contribution in [0, 0.1) is 6.92 Å². The molecule has 0 atom stereocenters. The van der Waals surface area contributed by atoms with Crippen molar-refractivity contribution >= 4 is 5.91 Å². The van der Waals surface area contributed by atoms with Crippen molar-refractivity contribution in [2.75, 3.05) is 6.54 Å². The highest BCUT2D eigenvalue weighted by molar-refractivity contribution is 5.93. The van der Waals surface area contributed by atoms with E-state index in [9.17, 15) is 4.79 Å². The molecule has 0 spiro atoms. The molecule has 0 saturated heterocycles. The number of carbonyl (C=O) groups is 1. The average Bonchev–Trinajstić information content (AvgIpc) is 2.77. The van der Waals surface area contributed by atoms with Crippen LogP contribution >= 0.6 is 0 Å². The van der Waals surface area contributed by atoms with Gasteiger partial charge in [-0.2, -0.15) is 0 Å². The summed E-state index contributed by atoms with van der Waals surface area (Å²) in [5.41, 5.74) is 2.31. The fourth-order valence-corrected chi connectivity index (χ4v) is 1.56. The number of amides is 1. The number of benzene rings is 1. The van der Waals surface area contributed by atoms with Crippen LogP contribution < -0.4 is 5.32 Å². The Morgan fingerprint density at radius 3 is 2.76 bits per heavy atom. The molecule has 0 bridgehead atoms. The van der Waals surface area contributed by atoms with Gasteiger partial charge in [-0.15, -0.1) is 0 Å². The van der Waals surface area contributed by atoms with Crippen LogP contribution in [0.4, 0.5) is 0 Å². The fourth-order valence-electron chi connectivity index (χ4n) is 1.56. The monoisotopic (exact) mass is 230 g/mol. The Balaban J connectivity index is 1.84. The third-order valence-corrected chi connectivity index (χ3v) is 2.50. The summed E-state index contributed by atoms with van der Waals surface area (Å²) in [6.07, 6.45) is 2.27. The zero-order valence-electron chi connectivity index (χ0n) is 9.64. The maximum atomic E-state index is 11.7. The molecule has 1 heterocycles. The Kier molecular flexibility index (Phi) is 3.55. The lowest BCUT2D eigenvalue weighted by atomic mass is 10.1. The molecule has 0 fully saturated rings. The molecule has 4 nitrogen and oxygen atoms in total. The molecule has 0 radical (unpaired) electrons. The zero-order valence-corrected chi connectivity index (χ0v) is 9.64. The van der Waals surface area contributed by atoms with E-state index in [1.807, 2.05) is 30.3 Å². The van der Waals surface area contributed by atoms with Crippen LogP contribution in [-0.4, -0.2) is 17.6 Å². The summed E-state index contributed by atoms with van der Waals surface area (Å²) in [5.74, 6) is -0.188. The van der Waals surface area contributed by atoms with Gasteiger partial charge in [0, 0.05) is 12.1 Å². The summed E-state index contributed by atoms with van der Waals surface area (Å²) in [5, 5.41) is 6.47. The molecule has 2 aromatic rings. The Hall–Kier alpha value is -2.10. The first-order valence-corrected chi connectivity index (χ1v) is 5.50. The highest BCUT2D eigenvalue weighted by atomic mass is 16.5. The lowest BCUT2D eigenvalue weighted by molar-refractivity contribution is 0.0944. The molecule has 17 heavy (non-hydrogen) atoms. The van der Waals surface area contributed by atoms with Crippen molar-refractivity contribution in [1.82, 2.24) is 10.5 Å². The quantitative estimate of drug-likeness (QED) is 0.873. The second kappa shape index (κ2) is 5.30. The minimum atomic E-state index is -0.188. The summed E-state index contributed by atoms with van der Waals surface area (Å²) in [7, 11) is 0. The molecule has 1 aromatic carbocycles. The maximum absolute atomic E-state index is 11.7. The van der Waals surface area contributed by atoms with E-state index in [0.717, 1.165) is 12.0 Å². The molecule has 0 aliphatic heterocycles. The summed E-state index contributed by atoms with van der Waals surface area (Å²) < 4.78 is 4.72. The minimum absolute atomic E-state index is 0.188. The zero-order chi connectivity index (χ0) is 12.1. The number of nitrogens with one attached hydrogen (secondary N) is 1.